The minimum absolute atomic E-state index is 0.220. The molecule has 0 spiro atoms. The standard InChI is InChI=1S/C23H22N2O3S/c1-15-9-11-21-19(12-15)18-6-4-5-7-22(18)29(27,28)25(21)14-23(26)24-20-13-16(2)8-10-17(20)3/h4-13H,14H2,1-3H3,(H,24,26). The summed E-state index contributed by atoms with van der Waals surface area (Å²) in [5.41, 5.74) is 5.66. The Hall–Kier alpha value is -3.12. The van der Waals surface area contributed by atoms with Gasteiger partial charge in [-0.15, -0.1) is 0 Å². The van der Waals surface area contributed by atoms with Crippen molar-refractivity contribution in [2.75, 3.05) is 16.2 Å². The SMILES string of the molecule is Cc1ccc(C)c(NC(=O)CN2c3ccc(C)cc3-c3ccccc3S2(=O)=O)c1. The van der Waals surface area contributed by atoms with Crippen molar-refractivity contribution in [2.24, 2.45) is 0 Å². The molecular weight excluding hydrogens is 384 g/mol. The van der Waals surface area contributed by atoms with E-state index in [4.69, 9.17) is 0 Å². The molecule has 1 heterocycles. The third-order valence-corrected chi connectivity index (χ3v) is 6.94. The Kier molecular flexibility index (Phi) is 4.67. The molecule has 0 atom stereocenters. The van der Waals surface area contributed by atoms with Gasteiger partial charge in [0.1, 0.15) is 6.54 Å². The number of benzene rings is 3. The number of nitrogens with zero attached hydrogens (tertiary/aromatic N) is 1. The highest BCUT2D eigenvalue weighted by atomic mass is 32.2. The average Bonchev–Trinajstić information content (AvgIpc) is 2.68. The van der Waals surface area contributed by atoms with Crippen LogP contribution in [0.1, 0.15) is 16.7 Å². The van der Waals surface area contributed by atoms with E-state index in [2.05, 4.69) is 5.32 Å². The molecule has 1 amide bonds. The fraction of sp³-hybridized carbons (Fsp3) is 0.174. The first-order valence-electron chi connectivity index (χ1n) is 9.37. The van der Waals surface area contributed by atoms with Crippen LogP contribution in [0.4, 0.5) is 11.4 Å². The lowest BCUT2D eigenvalue weighted by Crippen LogP contribution is -2.40. The molecule has 1 aliphatic rings. The van der Waals surface area contributed by atoms with Crippen molar-refractivity contribution in [3.05, 3.63) is 77.4 Å². The number of carbonyl (C=O) groups is 1. The van der Waals surface area contributed by atoms with E-state index in [9.17, 15) is 13.2 Å². The van der Waals surface area contributed by atoms with Crippen molar-refractivity contribution in [3.63, 3.8) is 0 Å². The summed E-state index contributed by atoms with van der Waals surface area (Å²) in [4.78, 5) is 13.0. The number of aryl methyl sites for hydroxylation is 3. The summed E-state index contributed by atoms with van der Waals surface area (Å²) >= 11 is 0. The van der Waals surface area contributed by atoms with Gasteiger partial charge in [0.05, 0.1) is 10.6 Å². The minimum atomic E-state index is -3.84. The Balaban J connectivity index is 1.74. The van der Waals surface area contributed by atoms with Crippen LogP contribution in [0.25, 0.3) is 11.1 Å². The van der Waals surface area contributed by atoms with Crippen molar-refractivity contribution in [2.45, 2.75) is 25.7 Å². The molecule has 5 nitrogen and oxygen atoms in total. The van der Waals surface area contributed by atoms with Crippen LogP contribution >= 0.6 is 0 Å². The monoisotopic (exact) mass is 406 g/mol. The van der Waals surface area contributed by atoms with Gasteiger partial charge in [-0.1, -0.05) is 42.0 Å². The summed E-state index contributed by atoms with van der Waals surface area (Å²) in [7, 11) is -3.84. The smallest absolute Gasteiger partial charge is 0.265 e. The van der Waals surface area contributed by atoms with E-state index < -0.39 is 10.0 Å². The normalized spacial score (nSPS) is 14.1. The highest BCUT2D eigenvalue weighted by Crippen LogP contribution is 2.43. The van der Waals surface area contributed by atoms with Gasteiger partial charge in [0.25, 0.3) is 10.0 Å². The van der Waals surface area contributed by atoms with Gasteiger partial charge in [-0.05, 0) is 56.2 Å². The lowest BCUT2D eigenvalue weighted by atomic mass is 10.0. The zero-order valence-corrected chi connectivity index (χ0v) is 17.4. The van der Waals surface area contributed by atoms with E-state index in [0.717, 1.165) is 22.3 Å². The number of rotatable bonds is 3. The first-order chi connectivity index (χ1) is 13.8. The Bertz CT molecular complexity index is 1230. The number of hydrogen-bond donors (Lipinski definition) is 1. The van der Waals surface area contributed by atoms with E-state index in [0.29, 0.717) is 16.9 Å². The summed E-state index contributed by atoms with van der Waals surface area (Å²) in [5.74, 6) is -0.381. The lowest BCUT2D eigenvalue weighted by Gasteiger charge is -2.32. The van der Waals surface area contributed by atoms with Gasteiger partial charge in [-0.3, -0.25) is 9.10 Å². The molecule has 0 fully saturated rings. The van der Waals surface area contributed by atoms with Gasteiger partial charge in [0.2, 0.25) is 5.91 Å². The van der Waals surface area contributed by atoms with Crippen LogP contribution in [0.5, 0.6) is 0 Å². The molecule has 0 unspecified atom stereocenters. The van der Waals surface area contributed by atoms with Gasteiger partial charge < -0.3 is 5.32 Å². The predicted octanol–water partition coefficient (Wildman–Crippen LogP) is 4.43. The number of anilines is 2. The molecule has 4 rings (SSSR count). The molecule has 0 bridgehead atoms. The second-order valence-electron chi connectivity index (χ2n) is 7.39. The Labute approximate surface area is 171 Å². The van der Waals surface area contributed by atoms with Crippen molar-refractivity contribution < 1.29 is 13.2 Å². The highest BCUT2D eigenvalue weighted by molar-refractivity contribution is 7.93. The fourth-order valence-corrected chi connectivity index (χ4v) is 5.26. The number of hydrogen-bond acceptors (Lipinski definition) is 3. The maximum Gasteiger partial charge on any atom is 0.265 e. The molecular formula is C23H22N2O3S. The van der Waals surface area contributed by atoms with Crippen LogP contribution in [0, 0.1) is 20.8 Å². The van der Waals surface area contributed by atoms with Crippen molar-refractivity contribution >= 4 is 27.3 Å². The van der Waals surface area contributed by atoms with E-state index in [1.807, 2.05) is 57.2 Å². The second-order valence-corrected chi connectivity index (χ2v) is 9.23. The van der Waals surface area contributed by atoms with Gasteiger partial charge in [-0.25, -0.2) is 8.42 Å². The average molecular weight is 407 g/mol. The number of carbonyl (C=O) groups excluding carboxylic acids is 1. The van der Waals surface area contributed by atoms with Gasteiger partial charge >= 0.3 is 0 Å². The van der Waals surface area contributed by atoms with Gasteiger partial charge in [-0.2, -0.15) is 0 Å². The molecule has 29 heavy (non-hydrogen) atoms. The maximum absolute atomic E-state index is 13.3. The number of fused-ring (bicyclic) bond motifs is 3. The molecule has 0 radical (unpaired) electrons. The molecule has 3 aromatic carbocycles. The molecule has 0 aromatic heterocycles. The number of sulfonamides is 1. The minimum Gasteiger partial charge on any atom is -0.324 e. The quantitative estimate of drug-likeness (QED) is 0.700. The third-order valence-electron chi connectivity index (χ3n) is 5.12. The molecule has 3 aromatic rings. The predicted molar refractivity (Wildman–Crippen MR) is 116 cm³/mol. The van der Waals surface area contributed by atoms with Crippen molar-refractivity contribution in [1.29, 1.82) is 0 Å². The topological polar surface area (TPSA) is 66.5 Å². The lowest BCUT2D eigenvalue weighted by molar-refractivity contribution is -0.114. The number of amides is 1. The van der Waals surface area contributed by atoms with Crippen LogP contribution in [0.3, 0.4) is 0 Å². The highest BCUT2D eigenvalue weighted by Gasteiger charge is 2.35. The summed E-state index contributed by atoms with van der Waals surface area (Å²) in [6.07, 6.45) is 0. The fourth-order valence-electron chi connectivity index (χ4n) is 3.61. The molecule has 148 valence electrons. The Morgan fingerprint density at radius 3 is 2.38 bits per heavy atom. The first-order valence-corrected chi connectivity index (χ1v) is 10.8. The number of nitrogens with one attached hydrogen (secondary N) is 1. The second kappa shape index (κ2) is 7.04. The molecule has 0 aliphatic carbocycles. The summed E-state index contributed by atoms with van der Waals surface area (Å²) < 4.78 is 27.8. The Morgan fingerprint density at radius 2 is 1.59 bits per heavy atom. The molecule has 1 aliphatic heterocycles. The summed E-state index contributed by atoms with van der Waals surface area (Å²) in [6, 6.07) is 18.3. The van der Waals surface area contributed by atoms with Crippen LogP contribution in [-0.4, -0.2) is 20.9 Å². The van der Waals surface area contributed by atoms with E-state index in [-0.39, 0.29) is 17.3 Å². The van der Waals surface area contributed by atoms with Crippen LogP contribution in [0.15, 0.2) is 65.6 Å². The largest absolute Gasteiger partial charge is 0.324 e. The van der Waals surface area contributed by atoms with Gasteiger partial charge in [0, 0.05) is 16.8 Å². The van der Waals surface area contributed by atoms with E-state index in [1.54, 1.807) is 24.3 Å². The van der Waals surface area contributed by atoms with Gasteiger partial charge in [0.15, 0.2) is 0 Å². The zero-order chi connectivity index (χ0) is 20.8. The van der Waals surface area contributed by atoms with E-state index >= 15 is 0 Å². The van der Waals surface area contributed by atoms with Crippen molar-refractivity contribution in [1.82, 2.24) is 0 Å². The molecule has 0 saturated heterocycles. The Morgan fingerprint density at radius 1 is 0.897 bits per heavy atom. The maximum atomic E-state index is 13.3. The van der Waals surface area contributed by atoms with Crippen molar-refractivity contribution in [3.8, 4) is 11.1 Å². The van der Waals surface area contributed by atoms with Crippen LogP contribution in [0.2, 0.25) is 0 Å². The summed E-state index contributed by atoms with van der Waals surface area (Å²) in [5, 5.41) is 2.86. The third kappa shape index (κ3) is 3.40. The first kappa shape index (κ1) is 19.2. The van der Waals surface area contributed by atoms with Crippen LogP contribution < -0.4 is 9.62 Å². The zero-order valence-electron chi connectivity index (χ0n) is 16.6. The molecule has 0 saturated carbocycles. The molecule has 6 heteroatoms. The molecule has 1 N–H and O–H groups in total. The summed E-state index contributed by atoms with van der Waals surface area (Å²) in [6.45, 7) is 5.52. The van der Waals surface area contributed by atoms with E-state index in [1.165, 1.54) is 4.31 Å². The van der Waals surface area contributed by atoms with Crippen LogP contribution in [-0.2, 0) is 14.8 Å².